The van der Waals surface area contributed by atoms with E-state index in [-0.39, 0.29) is 5.97 Å². The molecule has 0 radical (unpaired) electrons. The van der Waals surface area contributed by atoms with E-state index in [0.29, 0.717) is 0 Å². The van der Waals surface area contributed by atoms with E-state index >= 15 is 0 Å². The molecule has 202 valence electrons. The minimum absolute atomic E-state index is 0.260. The molecule has 0 N–H and O–H groups in total. The predicted octanol–water partition coefficient (Wildman–Crippen LogP) is 10.6. The maximum Gasteiger partial charge on any atom is 0.331 e. The first-order valence-electron chi connectivity index (χ1n) is 15.7. The first-order valence-corrected chi connectivity index (χ1v) is 15.7. The van der Waals surface area contributed by atoms with E-state index in [0.717, 1.165) is 38.5 Å². The lowest BCUT2D eigenvalue weighted by molar-refractivity contribution is -0.145. The van der Waals surface area contributed by atoms with Gasteiger partial charge in [-0.1, -0.05) is 102 Å². The van der Waals surface area contributed by atoms with Crippen LogP contribution in [0.15, 0.2) is 47.6 Å². The first-order chi connectivity index (χ1) is 17.8. The van der Waals surface area contributed by atoms with E-state index < -0.39 is 5.60 Å². The van der Waals surface area contributed by atoms with Crippen LogP contribution in [-0.4, -0.2) is 11.6 Å². The van der Waals surface area contributed by atoms with Gasteiger partial charge in [0.25, 0.3) is 0 Å². The van der Waals surface area contributed by atoms with Gasteiger partial charge in [-0.2, -0.15) is 0 Å². The summed E-state index contributed by atoms with van der Waals surface area (Å²) < 4.78 is 6.75. The molecule has 0 heterocycles. The van der Waals surface area contributed by atoms with Crippen LogP contribution in [0.5, 0.6) is 0 Å². The molecule has 0 aliphatic heterocycles. The van der Waals surface area contributed by atoms with Crippen molar-refractivity contribution in [2.45, 2.75) is 160 Å². The molecule has 3 aliphatic carbocycles. The number of esters is 1. The highest BCUT2D eigenvalue weighted by Gasteiger charge is 2.44. The molecule has 0 bridgehead atoms. The van der Waals surface area contributed by atoms with Crippen molar-refractivity contribution < 1.29 is 9.53 Å². The van der Waals surface area contributed by atoms with E-state index in [2.05, 4.69) is 24.8 Å². The summed E-state index contributed by atoms with van der Waals surface area (Å²) >= 11 is 0. The molecule has 3 aliphatic rings. The number of ether oxygens (including phenoxy) is 1. The highest BCUT2D eigenvalue weighted by molar-refractivity contribution is 5.82. The standard InChI is InChI=1S/C34H54O2/c1-2-33(35)36-34(30-24-18-12-6-3-7-13-19-25-30,31-26-20-14-8-4-9-15-21-27-31)32-28-22-16-10-5-11-17-23-29-32/h2,24,26,28H,1,3-23,25,27,29H2. The molecule has 0 saturated heterocycles. The molecule has 0 aromatic heterocycles. The number of carbonyl (C=O) groups is 1. The highest BCUT2D eigenvalue weighted by atomic mass is 16.6. The maximum absolute atomic E-state index is 13.2. The fourth-order valence-corrected chi connectivity index (χ4v) is 6.60. The fraction of sp³-hybridized carbons (Fsp3) is 0.735. The van der Waals surface area contributed by atoms with Crippen molar-refractivity contribution in [3.63, 3.8) is 0 Å². The summed E-state index contributed by atoms with van der Waals surface area (Å²) in [6.45, 7) is 3.83. The maximum atomic E-state index is 13.2. The van der Waals surface area contributed by atoms with Crippen molar-refractivity contribution in [1.82, 2.24) is 0 Å². The zero-order chi connectivity index (χ0) is 25.3. The van der Waals surface area contributed by atoms with Crippen LogP contribution < -0.4 is 0 Å². The van der Waals surface area contributed by atoms with Gasteiger partial charge in [-0.3, -0.25) is 0 Å². The minimum atomic E-state index is -0.692. The summed E-state index contributed by atoms with van der Waals surface area (Å²) in [7, 11) is 0. The summed E-state index contributed by atoms with van der Waals surface area (Å²) in [5, 5.41) is 0. The normalized spacial score (nSPS) is 24.1. The SMILES string of the molecule is C=CC(=O)OC(C1=CCCCCCCCC1)(C1=CCCCCCCCC1)C1=CCCCCCCCC1. The second kappa shape index (κ2) is 17.0. The third-order valence-electron chi connectivity index (χ3n) is 8.65. The van der Waals surface area contributed by atoms with Crippen LogP contribution in [0, 0.1) is 0 Å². The Hall–Kier alpha value is -1.57. The third kappa shape index (κ3) is 9.07. The number of hydrogen-bond donors (Lipinski definition) is 0. The average Bonchev–Trinajstić information content (AvgIpc) is 2.92. The summed E-state index contributed by atoms with van der Waals surface area (Å²) in [5.74, 6) is -0.260. The molecule has 0 saturated carbocycles. The van der Waals surface area contributed by atoms with Gasteiger partial charge < -0.3 is 4.74 Å². The monoisotopic (exact) mass is 494 g/mol. The van der Waals surface area contributed by atoms with Crippen molar-refractivity contribution in [2.24, 2.45) is 0 Å². The molecule has 36 heavy (non-hydrogen) atoms. The quantitative estimate of drug-likeness (QED) is 0.216. The zero-order valence-electron chi connectivity index (χ0n) is 23.3. The molecular formula is C34H54O2. The smallest absolute Gasteiger partial charge is 0.331 e. The van der Waals surface area contributed by atoms with Gasteiger partial charge in [0.2, 0.25) is 0 Å². The Morgan fingerprint density at radius 1 is 0.556 bits per heavy atom. The van der Waals surface area contributed by atoms with Crippen LogP contribution in [0.4, 0.5) is 0 Å². The lowest BCUT2D eigenvalue weighted by Gasteiger charge is -2.41. The Kier molecular flexibility index (Phi) is 13.7. The third-order valence-corrected chi connectivity index (χ3v) is 8.65. The van der Waals surface area contributed by atoms with Crippen molar-refractivity contribution in [2.75, 3.05) is 0 Å². The Balaban J connectivity index is 2.15. The largest absolute Gasteiger partial charge is 0.442 e. The van der Waals surface area contributed by atoms with E-state index in [1.54, 1.807) is 0 Å². The molecule has 0 fully saturated rings. The molecule has 0 aromatic rings. The first kappa shape index (κ1) is 29.0. The van der Waals surface area contributed by atoms with Crippen LogP contribution in [0.25, 0.3) is 0 Å². The molecular weight excluding hydrogens is 440 g/mol. The highest BCUT2D eigenvalue weighted by Crippen LogP contribution is 2.46. The Bertz CT molecular complexity index is 670. The fourth-order valence-electron chi connectivity index (χ4n) is 6.60. The molecule has 2 nitrogen and oxygen atoms in total. The van der Waals surface area contributed by atoms with Gasteiger partial charge in [0.05, 0.1) is 0 Å². The van der Waals surface area contributed by atoms with Crippen molar-refractivity contribution in [1.29, 1.82) is 0 Å². The van der Waals surface area contributed by atoms with Gasteiger partial charge in [-0.15, -0.1) is 0 Å². The topological polar surface area (TPSA) is 26.3 Å². The summed E-state index contributed by atoms with van der Waals surface area (Å²) in [6.07, 6.45) is 38.5. The summed E-state index contributed by atoms with van der Waals surface area (Å²) in [4.78, 5) is 13.2. The number of carbonyl (C=O) groups excluding carboxylic acids is 1. The van der Waals surface area contributed by atoms with Crippen molar-refractivity contribution in [3.8, 4) is 0 Å². The van der Waals surface area contributed by atoms with Crippen molar-refractivity contribution >= 4 is 5.97 Å². The predicted molar refractivity (Wildman–Crippen MR) is 154 cm³/mol. The minimum Gasteiger partial charge on any atom is -0.442 e. The molecule has 3 rings (SSSR count). The second-order valence-corrected chi connectivity index (χ2v) is 11.5. The van der Waals surface area contributed by atoms with Gasteiger partial charge in [-0.25, -0.2) is 4.79 Å². The zero-order valence-corrected chi connectivity index (χ0v) is 23.3. The van der Waals surface area contributed by atoms with E-state index in [9.17, 15) is 4.79 Å². The van der Waals surface area contributed by atoms with Gasteiger partial charge in [-0.05, 0) is 93.8 Å². The Morgan fingerprint density at radius 3 is 1.19 bits per heavy atom. The van der Waals surface area contributed by atoms with Gasteiger partial charge in [0.15, 0.2) is 5.60 Å². The van der Waals surface area contributed by atoms with Crippen molar-refractivity contribution in [3.05, 3.63) is 47.6 Å². The van der Waals surface area contributed by atoms with Gasteiger partial charge >= 0.3 is 5.97 Å². The summed E-state index contributed by atoms with van der Waals surface area (Å²) in [6, 6.07) is 0. The van der Waals surface area contributed by atoms with Crippen LogP contribution in [-0.2, 0) is 9.53 Å². The van der Waals surface area contributed by atoms with E-state index in [1.807, 2.05) is 0 Å². The molecule has 0 unspecified atom stereocenters. The van der Waals surface area contributed by atoms with Gasteiger partial charge in [0.1, 0.15) is 0 Å². The van der Waals surface area contributed by atoms with Crippen LogP contribution in [0.2, 0.25) is 0 Å². The number of rotatable bonds is 5. The lowest BCUT2D eigenvalue weighted by atomic mass is 9.72. The molecule has 0 aromatic carbocycles. The molecule has 0 spiro atoms. The van der Waals surface area contributed by atoms with E-state index in [1.165, 1.54) is 138 Å². The summed E-state index contributed by atoms with van der Waals surface area (Å²) in [5.41, 5.74) is 3.45. The van der Waals surface area contributed by atoms with Gasteiger partial charge in [0, 0.05) is 6.08 Å². The Morgan fingerprint density at radius 2 is 0.861 bits per heavy atom. The molecule has 0 atom stereocenters. The number of hydrogen-bond acceptors (Lipinski definition) is 2. The van der Waals surface area contributed by atoms with Crippen LogP contribution >= 0.6 is 0 Å². The molecule has 0 amide bonds. The lowest BCUT2D eigenvalue weighted by Crippen LogP contribution is -2.42. The average molecular weight is 495 g/mol. The molecule has 2 heteroatoms. The van der Waals surface area contributed by atoms with Crippen LogP contribution in [0.3, 0.4) is 0 Å². The number of allylic oxidation sites excluding steroid dienone is 3. The van der Waals surface area contributed by atoms with E-state index in [4.69, 9.17) is 4.74 Å². The second-order valence-electron chi connectivity index (χ2n) is 11.5. The Labute approximate surface area is 222 Å². The van der Waals surface area contributed by atoms with Crippen LogP contribution in [0.1, 0.15) is 154 Å².